The van der Waals surface area contributed by atoms with Crippen LogP contribution in [0.4, 0.5) is 5.82 Å². The largest absolute Gasteiger partial charge is 0.383 e. The van der Waals surface area contributed by atoms with E-state index in [1.165, 1.54) is 0 Å². The van der Waals surface area contributed by atoms with Crippen LogP contribution in [0, 0.1) is 6.92 Å². The predicted molar refractivity (Wildman–Crippen MR) is 112 cm³/mol. The lowest BCUT2D eigenvalue weighted by Gasteiger charge is -2.50. The Morgan fingerprint density at radius 2 is 1.90 bits per heavy atom. The summed E-state index contributed by atoms with van der Waals surface area (Å²) in [5.74, 6) is 1.68. The fraction of sp³-hybridized carbons (Fsp3) is 0.455. The molecule has 2 fully saturated rings. The smallest absolute Gasteiger partial charge is 0.156 e. The van der Waals surface area contributed by atoms with E-state index in [4.69, 9.17) is 9.72 Å². The van der Waals surface area contributed by atoms with E-state index in [0.29, 0.717) is 26.2 Å². The summed E-state index contributed by atoms with van der Waals surface area (Å²) in [5, 5.41) is 11.9. The second-order valence-corrected chi connectivity index (χ2v) is 7.98. The van der Waals surface area contributed by atoms with Crippen LogP contribution in [0.2, 0.25) is 0 Å². The average molecular weight is 393 g/mol. The van der Waals surface area contributed by atoms with Crippen LogP contribution in [0.15, 0.2) is 42.6 Å². The van der Waals surface area contributed by atoms with Crippen molar-refractivity contribution < 1.29 is 9.84 Å². The van der Waals surface area contributed by atoms with Gasteiger partial charge in [-0.2, -0.15) is 0 Å². The van der Waals surface area contributed by atoms with Gasteiger partial charge in [0.1, 0.15) is 16.9 Å². The molecule has 2 aliphatic rings. The van der Waals surface area contributed by atoms with E-state index in [9.17, 15) is 5.11 Å². The minimum atomic E-state index is -0.897. The zero-order chi connectivity index (χ0) is 19.8. The van der Waals surface area contributed by atoms with Gasteiger partial charge in [0, 0.05) is 32.4 Å². The van der Waals surface area contributed by atoms with Crippen molar-refractivity contribution in [3.63, 3.8) is 0 Å². The fourth-order valence-electron chi connectivity index (χ4n) is 4.76. The minimum Gasteiger partial charge on any atom is -0.383 e. The summed E-state index contributed by atoms with van der Waals surface area (Å²) in [5.41, 5.74) is 1.98. The van der Waals surface area contributed by atoms with Gasteiger partial charge in [-0.15, -0.1) is 0 Å². The Balaban J connectivity index is 1.53. The second kappa shape index (κ2) is 7.40. The number of aryl methyl sites for hydroxylation is 1. The Labute approximate surface area is 170 Å². The topological polar surface area (TPSA) is 77.5 Å². The van der Waals surface area contributed by atoms with E-state index in [-0.39, 0.29) is 6.04 Å². The van der Waals surface area contributed by atoms with Crippen LogP contribution < -0.4 is 4.90 Å². The molecular weight excluding hydrogens is 366 g/mol. The summed E-state index contributed by atoms with van der Waals surface area (Å²) in [6, 6.07) is 12.0. The molecule has 7 nitrogen and oxygen atoms in total. The monoisotopic (exact) mass is 393 g/mol. The van der Waals surface area contributed by atoms with Gasteiger partial charge >= 0.3 is 0 Å². The standard InChI is InChI=1S/C22H27N5O2/c1-16-24-18-7-9-23-20(18)21(25-16)27-10-8-22(28,17-5-3-2-4-6-17)19(15-27)26-11-13-29-14-12-26/h2-7,9,19,23,28H,8,10-15H2,1H3/t19-,22+/m1/s1. The number of anilines is 1. The number of ether oxygens (including phenoxy) is 1. The predicted octanol–water partition coefficient (Wildman–Crippen LogP) is 2.07. The number of benzene rings is 1. The van der Waals surface area contributed by atoms with Crippen molar-refractivity contribution in [1.82, 2.24) is 19.9 Å². The molecule has 0 aliphatic carbocycles. The lowest BCUT2D eigenvalue weighted by Crippen LogP contribution is -2.62. The number of morpholine rings is 1. The molecule has 0 radical (unpaired) electrons. The van der Waals surface area contributed by atoms with Gasteiger partial charge in [-0.25, -0.2) is 9.97 Å². The molecule has 0 saturated carbocycles. The molecular formula is C22H27N5O2. The molecule has 0 amide bonds. The van der Waals surface area contributed by atoms with Gasteiger partial charge in [-0.3, -0.25) is 4.90 Å². The van der Waals surface area contributed by atoms with Gasteiger partial charge in [0.15, 0.2) is 5.82 Å². The van der Waals surface area contributed by atoms with Crippen molar-refractivity contribution >= 4 is 16.9 Å². The number of nitrogens with zero attached hydrogens (tertiary/aromatic N) is 4. The molecule has 4 heterocycles. The zero-order valence-corrected chi connectivity index (χ0v) is 16.7. The molecule has 29 heavy (non-hydrogen) atoms. The van der Waals surface area contributed by atoms with Crippen LogP contribution in [0.3, 0.4) is 0 Å². The third-order valence-corrected chi connectivity index (χ3v) is 6.27. The second-order valence-electron chi connectivity index (χ2n) is 7.98. The van der Waals surface area contributed by atoms with E-state index in [0.717, 1.165) is 47.9 Å². The van der Waals surface area contributed by atoms with Crippen molar-refractivity contribution in [2.24, 2.45) is 0 Å². The summed E-state index contributed by atoms with van der Waals surface area (Å²) >= 11 is 0. The van der Waals surface area contributed by atoms with Gasteiger partial charge in [-0.1, -0.05) is 30.3 Å². The Hall–Kier alpha value is -2.48. The van der Waals surface area contributed by atoms with E-state index < -0.39 is 5.60 Å². The molecule has 7 heteroatoms. The number of hydrogen-bond donors (Lipinski definition) is 2. The van der Waals surface area contributed by atoms with Crippen molar-refractivity contribution in [3.8, 4) is 0 Å². The highest BCUT2D eigenvalue weighted by molar-refractivity contribution is 5.86. The van der Waals surface area contributed by atoms with Crippen LogP contribution >= 0.6 is 0 Å². The van der Waals surface area contributed by atoms with E-state index >= 15 is 0 Å². The molecule has 152 valence electrons. The van der Waals surface area contributed by atoms with E-state index in [1.54, 1.807) is 0 Å². The summed E-state index contributed by atoms with van der Waals surface area (Å²) in [6.45, 7) is 6.43. The van der Waals surface area contributed by atoms with Crippen molar-refractivity contribution in [3.05, 3.63) is 54.0 Å². The highest BCUT2D eigenvalue weighted by Gasteiger charge is 2.46. The van der Waals surface area contributed by atoms with E-state index in [1.807, 2.05) is 49.5 Å². The average Bonchev–Trinajstić information content (AvgIpc) is 3.23. The van der Waals surface area contributed by atoms with E-state index in [2.05, 4.69) is 19.8 Å². The van der Waals surface area contributed by atoms with Crippen molar-refractivity contribution in [1.29, 1.82) is 0 Å². The normalized spacial score (nSPS) is 26.1. The Morgan fingerprint density at radius 3 is 2.69 bits per heavy atom. The number of aliphatic hydroxyl groups is 1. The van der Waals surface area contributed by atoms with Crippen LogP contribution in [-0.4, -0.2) is 70.4 Å². The van der Waals surface area contributed by atoms with Gasteiger partial charge < -0.3 is 19.7 Å². The number of rotatable bonds is 3. The van der Waals surface area contributed by atoms with Gasteiger partial charge in [0.2, 0.25) is 0 Å². The molecule has 2 aromatic heterocycles. The zero-order valence-electron chi connectivity index (χ0n) is 16.7. The molecule has 3 aromatic rings. The van der Waals surface area contributed by atoms with Crippen LogP contribution in [0.5, 0.6) is 0 Å². The molecule has 1 aromatic carbocycles. The maximum absolute atomic E-state index is 11.9. The number of fused-ring (bicyclic) bond motifs is 1. The summed E-state index contributed by atoms with van der Waals surface area (Å²) in [6.07, 6.45) is 2.55. The Morgan fingerprint density at radius 1 is 1.10 bits per heavy atom. The Bertz CT molecular complexity index is 985. The molecule has 2 atom stereocenters. The van der Waals surface area contributed by atoms with Crippen molar-refractivity contribution in [2.75, 3.05) is 44.3 Å². The third kappa shape index (κ3) is 3.29. The highest BCUT2D eigenvalue weighted by atomic mass is 16.5. The minimum absolute atomic E-state index is 0.0390. The molecule has 2 saturated heterocycles. The first-order valence-electron chi connectivity index (χ1n) is 10.3. The number of hydrogen-bond acceptors (Lipinski definition) is 6. The third-order valence-electron chi connectivity index (χ3n) is 6.27. The van der Waals surface area contributed by atoms with Crippen LogP contribution in [0.1, 0.15) is 17.8 Å². The molecule has 2 N–H and O–H groups in total. The molecule has 0 bridgehead atoms. The maximum Gasteiger partial charge on any atom is 0.156 e. The van der Waals surface area contributed by atoms with Gasteiger partial charge in [0.05, 0.1) is 24.8 Å². The van der Waals surface area contributed by atoms with Crippen molar-refractivity contribution in [2.45, 2.75) is 25.0 Å². The summed E-state index contributed by atoms with van der Waals surface area (Å²) in [7, 11) is 0. The number of piperidine rings is 1. The van der Waals surface area contributed by atoms with Crippen LogP contribution in [-0.2, 0) is 10.3 Å². The van der Waals surface area contributed by atoms with Crippen LogP contribution in [0.25, 0.3) is 11.0 Å². The molecule has 0 spiro atoms. The van der Waals surface area contributed by atoms with Gasteiger partial charge in [0.25, 0.3) is 0 Å². The summed E-state index contributed by atoms with van der Waals surface area (Å²) < 4.78 is 5.58. The first kappa shape index (κ1) is 18.5. The first-order chi connectivity index (χ1) is 14.1. The molecule has 2 aliphatic heterocycles. The maximum atomic E-state index is 11.9. The molecule has 5 rings (SSSR count). The fourth-order valence-corrected chi connectivity index (χ4v) is 4.76. The summed E-state index contributed by atoms with van der Waals surface area (Å²) in [4.78, 5) is 17.3. The van der Waals surface area contributed by atoms with Gasteiger partial charge in [-0.05, 0) is 25.0 Å². The molecule has 0 unspecified atom stereocenters. The number of aromatic amines is 1. The lowest BCUT2D eigenvalue weighted by atomic mass is 9.79. The number of nitrogens with one attached hydrogen (secondary N) is 1. The highest BCUT2D eigenvalue weighted by Crippen LogP contribution is 2.38. The number of aromatic nitrogens is 3. The first-order valence-corrected chi connectivity index (χ1v) is 10.3. The Kier molecular flexibility index (Phi) is 4.73. The SMILES string of the molecule is Cc1nc(N2CC[C@](O)(c3ccccc3)[C@H](N3CCOCC3)C2)c2[nH]ccc2n1. The quantitative estimate of drug-likeness (QED) is 0.709. The number of H-pyrrole nitrogens is 1. The lowest BCUT2D eigenvalue weighted by molar-refractivity contribution is -0.0911.